The highest BCUT2D eigenvalue weighted by Gasteiger charge is 2.08. The van der Waals surface area contributed by atoms with E-state index in [1.165, 1.54) is 0 Å². The first-order chi connectivity index (χ1) is 10.2. The molecule has 1 heterocycles. The lowest BCUT2D eigenvalue weighted by atomic mass is 10.1. The Kier molecular flexibility index (Phi) is 3.51. The smallest absolute Gasteiger partial charge is 0.228 e. The number of aromatic nitrogens is 1. The molecular weight excluding hydrogens is 262 g/mol. The number of pyridine rings is 1. The van der Waals surface area contributed by atoms with Crippen LogP contribution in [0.4, 0.5) is 11.4 Å². The van der Waals surface area contributed by atoms with E-state index in [1.807, 2.05) is 42.5 Å². The average Bonchev–Trinajstić information content (AvgIpc) is 2.50. The van der Waals surface area contributed by atoms with Crippen molar-refractivity contribution >= 4 is 28.1 Å². The highest BCUT2D eigenvalue weighted by Crippen LogP contribution is 2.22. The van der Waals surface area contributed by atoms with Crippen molar-refractivity contribution in [1.29, 1.82) is 0 Å². The lowest BCUT2D eigenvalue weighted by Gasteiger charge is -2.09. The van der Waals surface area contributed by atoms with Crippen molar-refractivity contribution in [2.45, 2.75) is 6.42 Å². The Balaban J connectivity index is 1.82. The van der Waals surface area contributed by atoms with Gasteiger partial charge in [-0.05, 0) is 29.1 Å². The molecule has 1 aromatic heterocycles. The molecule has 2 aromatic carbocycles. The van der Waals surface area contributed by atoms with Crippen LogP contribution in [0.15, 0.2) is 60.9 Å². The van der Waals surface area contributed by atoms with E-state index in [2.05, 4.69) is 10.3 Å². The summed E-state index contributed by atoms with van der Waals surface area (Å²) in [6.45, 7) is 0. The van der Waals surface area contributed by atoms with Crippen LogP contribution in [0.1, 0.15) is 5.56 Å². The SMILES string of the molecule is Nc1ccccc1CC(=O)Nc1cccc2ccncc12. The summed E-state index contributed by atoms with van der Waals surface area (Å²) < 4.78 is 0. The quantitative estimate of drug-likeness (QED) is 0.723. The first kappa shape index (κ1) is 13.1. The third kappa shape index (κ3) is 2.84. The topological polar surface area (TPSA) is 68.0 Å². The van der Waals surface area contributed by atoms with Gasteiger partial charge in [0.1, 0.15) is 0 Å². The van der Waals surface area contributed by atoms with Gasteiger partial charge in [-0.1, -0.05) is 30.3 Å². The molecule has 3 aromatic rings. The van der Waals surface area contributed by atoms with Gasteiger partial charge in [0.25, 0.3) is 0 Å². The van der Waals surface area contributed by atoms with Crippen molar-refractivity contribution in [2.75, 3.05) is 11.1 Å². The van der Waals surface area contributed by atoms with Gasteiger partial charge in [-0.15, -0.1) is 0 Å². The van der Waals surface area contributed by atoms with Crippen molar-refractivity contribution in [2.24, 2.45) is 0 Å². The number of nitrogens with one attached hydrogen (secondary N) is 1. The Morgan fingerprint density at radius 3 is 2.81 bits per heavy atom. The van der Waals surface area contributed by atoms with Gasteiger partial charge in [0.2, 0.25) is 5.91 Å². The fraction of sp³-hybridized carbons (Fsp3) is 0.0588. The minimum Gasteiger partial charge on any atom is -0.398 e. The molecule has 0 saturated carbocycles. The summed E-state index contributed by atoms with van der Waals surface area (Å²) in [5.74, 6) is -0.0933. The lowest BCUT2D eigenvalue weighted by molar-refractivity contribution is -0.115. The second kappa shape index (κ2) is 5.63. The van der Waals surface area contributed by atoms with Crippen LogP contribution in [0.5, 0.6) is 0 Å². The van der Waals surface area contributed by atoms with E-state index in [0.717, 1.165) is 22.0 Å². The molecule has 0 saturated heterocycles. The molecule has 0 bridgehead atoms. The zero-order valence-corrected chi connectivity index (χ0v) is 11.4. The zero-order chi connectivity index (χ0) is 14.7. The number of anilines is 2. The maximum absolute atomic E-state index is 12.2. The van der Waals surface area contributed by atoms with E-state index < -0.39 is 0 Å². The van der Waals surface area contributed by atoms with Crippen LogP contribution in [0, 0.1) is 0 Å². The molecule has 3 rings (SSSR count). The van der Waals surface area contributed by atoms with Gasteiger partial charge in [0.05, 0.1) is 12.1 Å². The number of benzene rings is 2. The molecule has 104 valence electrons. The minimum absolute atomic E-state index is 0.0933. The number of carbonyl (C=O) groups excluding carboxylic acids is 1. The summed E-state index contributed by atoms with van der Waals surface area (Å²) >= 11 is 0. The van der Waals surface area contributed by atoms with Crippen molar-refractivity contribution in [3.8, 4) is 0 Å². The third-order valence-corrected chi connectivity index (χ3v) is 3.36. The largest absolute Gasteiger partial charge is 0.398 e. The van der Waals surface area contributed by atoms with Crippen LogP contribution >= 0.6 is 0 Å². The van der Waals surface area contributed by atoms with Crippen LogP contribution in [-0.2, 0) is 11.2 Å². The summed E-state index contributed by atoms with van der Waals surface area (Å²) in [4.78, 5) is 16.3. The number of carbonyl (C=O) groups is 1. The van der Waals surface area contributed by atoms with E-state index >= 15 is 0 Å². The first-order valence-electron chi connectivity index (χ1n) is 6.70. The van der Waals surface area contributed by atoms with Crippen LogP contribution in [0.2, 0.25) is 0 Å². The highest BCUT2D eigenvalue weighted by molar-refractivity contribution is 6.02. The Hall–Kier alpha value is -2.88. The van der Waals surface area contributed by atoms with Gasteiger partial charge < -0.3 is 11.1 Å². The molecule has 0 radical (unpaired) electrons. The number of para-hydroxylation sites is 1. The Bertz CT molecular complexity index is 793. The summed E-state index contributed by atoms with van der Waals surface area (Å²) in [6.07, 6.45) is 3.74. The zero-order valence-electron chi connectivity index (χ0n) is 11.4. The lowest BCUT2D eigenvalue weighted by Crippen LogP contribution is -2.15. The highest BCUT2D eigenvalue weighted by atomic mass is 16.1. The molecule has 1 amide bonds. The molecule has 0 spiro atoms. The van der Waals surface area contributed by atoms with Gasteiger partial charge in [-0.25, -0.2) is 0 Å². The van der Waals surface area contributed by atoms with Crippen LogP contribution in [-0.4, -0.2) is 10.9 Å². The number of rotatable bonds is 3. The Labute approximate surface area is 122 Å². The maximum Gasteiger partial charge on any atom is 0.228 e. The maximum atomic E-state index is 12.2. The van der Waals surface area contributed by atoms with Gasteiger partial charge >= 0.3 is 0 Å². The van der Waals surface area contributed by atoms with Crippen molar-refractivity contribution in [3.63, 3.8) is 0 Å². The van der Waals surface area contributed by atoms with Crippen molar-refractivity contribution in [1.82, 2.24) is 4.98 Å². The predicted molar refractivity (Wildman–Crippen MR) is 84.9 cm³/mol. The van der Waals surface area contributed by atoms with Gasteiger partial charge in [-0.3, -0.25) is 9.78 Å². The molecule has 4 heteroatoms. The molecule has 0 fully saturated rings. The number of fused-ring (bicyclic) bond motifs is 1. The number of nitrogens with zero attached hydrogens (tertiary/aromatic N) is 1. The fourth-order valence-corrected chi connectivity index (χ4v) is 2.28. The second-order valence-electron chi connectivity index (χ2n) is 4.83. The number of hydrogen-bond acceptors (Lipinski definition) is 3. The van der Waals surface area contributed by atoms with Crippen molar-refractivity contribution < 1.29 is 4.79 Å². The summed E-state index contributed by atoms with van der Waals surface area (Å²) in [6, 6.07) is 15.1. The number of nitrogens with two attached hydrogens (primary N) is 1. The summed E-state index contributed by atoms with van der Waals surface area (Å²) in [5, 5.41) is 4.90. The van der Waals surface area contributed by atoms with Crippen LogP contribution < -0.4 is 11.1 Å². The number of nitrogen functional groups attached to an aromatic ring is 1. The first-order valence-corrected chi connectivity index (χ1v) is 6.70. The number of amides is 1. The molecule has 0 atom stereocenters. The predicted octanol–water partition coefficient (Wildman–Crippen LogP) is 3.00. The van der Waals surface area contributed by atoms with Gasteiger partial charge in [-0.2, -0.15) is 0 Å². The van der Waals surface area contributed by atoms with E-state index in [9.17, 15) is 4.79 Å². The Morgan fingerprint density at radius 1 is 1.10 bits per heavy atom. The van der Waals surface area contributed by atoms with Gasteiger partial charge in [0.15, 0.2) is 0 Å². The molecule has 0 unspecified atom stereocenters. The van der Waals surface area contributed by atoms with E-state index in [1.54, 1.807) is 18.5 Å². The Morgan fingerprint density at radius 2 is 1.95 bits per heavy atom. The van der Waals surface area contributed by atoms with Crippen LogP contribution in [0.3, 0.4) is 0 Å². The van der Waals surface area contributed by atoms with E-state index in [4.69, 9.17) is 5.73 Å². The number of hydrogen-bond donors (Lipinski definition) is 2. The standard InChI is InChI=1S/C17H15N3O/c18-15-6-2-1-4-13(15)10-17(21)20-16-7-3-5-12-8-9-19-11-14(12)16/h1-9,11H,10,18H2,(H,20,21). The molecule has 0 aliphatic rings. The van der Waals surface area contributed by atoms with Crippen LogP contribution in [0.25, 0.3) is 10.8 Å². The fourth-order valence-electron chi connectivity index (χ4n) is 2.28. The molecule has 0 aliphatic carbocycles. The normalized spacial score (nSPS) is 10.5. The second-order valence-corrected chi connectivity index (χ2v) is 4.83. The van der Waals surface area contributed by atoms with Gasteiger partial charge in [0, 0.05) is 23.5 Å². The molecule has 0 aliphatic heterocycles. The molecule has 3 N–H and O–H groups in total. The third-order valence-electron chi connectivity index (χ3n) is 3.36. The monoisotopic (exact) mass is 277 g/mol. The summed E-state index contributed by atoms with van der Waals surface area (Å²) in [7, 11) is 0. The molecule has 21 heavy (non-hydrogen) atoms. The minimum atomic E-state index is -0.0933. The molecular formula is C17H15N3O. The van der Waals surface area contributed by atoms with E-state index in [0.29, 0.717) is 5.69 Å². The average molecular weight is 277 g/mol. The molecule has 4 nitrogen and oxygen atoms in total. The summed E-state index contributed by atoms with van der Waals surface area (Å²) in [5.41, 5.74) is 8.09. The van der Waals surface area contributed by atoms with E-state index in [-0.39, 0.29) is 12.3 Å². The van der Waals surface area contributed by atoms with Crippen molar-refractivity contribution in [3.05, 3.63) is 66.5 Å².